The van der Waals surface area contributed by atoms with E-state index in [0.717, 1.165) is 12.8 Å². The molecule has 0 aromatic rings. The minimum absolute atomic E-state index is 0.0889. The molecule has 0 aromatic heterocycles. The summed E-state index contributed by atoms with van der Waals surface area (Å²) in [6.07, 6.45) is 1.45. The molecule has 0 saturated carbocycles. The van der Waals surface area contributed by atoms with E-state index >= 15 is 0 Å². The zero-order valence-corrected chi connectivity index (χ0v) is 10.4. The van der Waals surface area contributed by atoms with Gasteiger partial charge >= 0.3 is 0 Å². The standard InChI is InChI=1S/C11H21NO4/c1-5-9-6-11(15-4,7-12-8(2)13)16-10(9)14-3/h9-10H,5-7H2,1-4H3,(H,12,13). The number of methoxy groups -OCH3 is 2. The maximum absolute atomic E-state index is 10.9. The molecular weight excluding hydrogens is 210 g/mol. The highest BCUT2D eigenvalue weighted by molar-refractivity contribution is 5.72. The molecule has 0 bridgehead atoms. The van der Waals surface area contributed by atoms with E-state index in [1.165, 1.54) is 6.92 Å². The third-order valence-electron chi connectivity index (χ3n) is 3.02. The molecular formula is C11H21NO4. The average Bonchev–Trinajstić information content (AvgIpc) is 2.65. The highest BCUT2D eigenvalue weighted by Gasteiger charge is 2.46. The van der Waals surface area contributed by atoms with Gasteiger partial charge in [-0.2, -0.15) is 0 Å². The smallest absolute Gasteiger partial charge is 0.217 e. The molecule has 1 amide bonds. The lowest BCUT2D eigenvalue weighted by atomic mass is 9.99. The number of hydrogen-bond donors (Lipinski definition) is 1. The second-order valence-corrected chi connectivity index (χ2v) is 4.12. The van der Waals surface area contributed by atoms with Gasteiger partial charge in [0, 0.05) is 33.5 Å². The Hall–Kier alpha value is -0.650. The van der Waals surface area contributed by atoms with Gasteiger partial charge in [-0.05, 0) is 6.42 Å². The second kappa shape index (κ2) is 5.61. The summed E-state index contributed by atoms with van der Waals surface area (Å²) in [6.45, 7) is 3.92. The topological polar surface area (TPSA) is 56.8 Å². The van der Waals surface area contributed by atoms with Crippen molar-refractivity contribution in [2.24, 2.45) is 5.92 Å². The van der Waals surface area contributed by atoms with Gasteiger partial charge in [0.1, 0.15) is 0 Å². The molecule has 1 fully saturated rings. The molecule has 1 saturated heterocycles. The summed E-state index contributed by atoms with van der Waals surface area (Å²) in [5.41, 5.74) is 0. The fraction of sp³-hybridized carbons (Fsp3) is 0.909. The Morgan fingerprint density at radius 1 is 1.56 bits per heavy atom. The van der Waals surface area contributed by atoms with Gasteiger partial charge in [-0.25, -0.2) is 0 Å². The van der Waals surface area contributed by atoms with E-state index in [4.69, 9.17) is 14.2 Å². The first-order chi connectivity index (χ1) is 7.56. The predicted octanol–water partition coefficient (Wildman–Crippen LogP) is 0.884. The van der Waals surface area contributed by atoms with E-state index in [1.807, 2.05) is 0 Å². The summed E-state index contributed by atoms with van der Waals surface area (Å²) < 4.78 is 16.4. The summed E-state index contributed by atoms with van der Waals surface area (Å²) >= 11 is 0. The lowest BCUT2D eigenvalue weighted by molar-refractivity contribution is -0.255. The number of nitrogens with one attached hydrogen (secondary N) is 1. The summed E-state index contributed by atoms with van der Waals surface area (Å²) in [6, 6.07) is 0. The van der Waals surface area contributed by atoms with Crippen LogP contribution >= 0.6 is 0 Å². The lowest BCUT2D eigenvalue weighted by Crippen LogP contribution is -2.44. The molecule has 0 aliphatic carbocycles. The van der Waals surface area contributed by atoms with Crippen molar-refractivity contribution in [2.45, 2.75) is 38.8 Å². The van der Waals surface area contributed by atoms with Gasteiger partial charge in [0.2, 0.25) is 5.91 Å². The Balaban J connectivity index is 2.64. The van der Waals surface area contributed by atoms with Gasteiger partial charge in [0.05, 0.1) is 6.54 Å². The Kier molecular flexibility index (Phi) is 4.70. The van der Waals surface area contributed by atoms with Crippen LogP contribution in [0, 0.1) is 5.92 Å². The van der Waals surface area contributed by atoms with E-state index in [0.29, 0.717) is 12.5 Å². The van der Waals surface area contributed by atoms with E-state index in [1.54, 1.807) is 14.2 Å². The number of rotatable bonds is 5. The average molecular weight is 231 g/mol. The predicted molar refractivity (Wildman–Crippen MR) is 58.7 cm³/mol. The zero-order chi connectivity index (χ0) is 12.2. The fourth-order valence-corrected chi connectivity index (χ4v) is 2.01. The summed E-state index contributed by atoms with van der Waals surface area (Å²) in [7, 11) is 3.21. The molecule has 5 heteroatoms. The van der Waals surface area contributed by atoms with Crippen molar-refractivity contribution in [1.82, 2.24) is 5.32 Å². The Bertz CT molecular complexity index is 232. The first-order valence-corrected chi connectivity index (χ1v) is 5.57. The maximum Gasteiger partial charge on any atom is 0.217 e. The van der Waals surface area contributed by atoms with E-state index < -0.39 is 5.79 Å². The van der Waals surface area contributed by atoms with Crippen molar-refractivity contribution in [3.63, 3.8) is 0 Å². The minimum Gasteiger partial charge on any atom is -0.355 e. The molecule has 1 rings (SSSR count). The molecule has 0 spiro atoms. The molecule has 5 nitrogen and oxygen atoms in total. The Labute approximate surface area is 96.4 Å². The van der Waals surface area contributed by atoms with Gasteiger partial charge in [0.25, 0.3) is 0 Å². The molecule has 1 N–H and O–H groups in total. The van der Waals surface area contributed by atoms with Crippen molar-refractivity contribution in [1.29, 1.82) is 0 Å². The summed E-state index contributed by atoms with van der Waals surface area (Å²) in [5, 5.41) is 2.72. The Morgan fingerprint density at radius 2 is 2.25 bits per heavy atom. The quantitative estimate of drug-likeness (QED) is 0.763. The van der Waals surface area contributed by atoms with Crippen LogP contribution in [-0.4, -0.2) is 38.7 Å². The number of hydrogen-bond acceptors (Lipinski definition) is 4. The minimum atomic E-state index is -0.743. The van der Waals surface area contributed by atoms with Crippen molar-refractivity contribution >= 4 is 5.91 Å². The molecule has 1 aliphatic heterocycles. The molecule has 0 radical (unpaired) electrons. The van der Waals surface area contributed by atoms with E-state index in [9.17, 15) is 4.79 Å². The molecule has 3 atom stereocenters. The van der Waals surface area contributed by atoms with Crippen molar-refractivity contribution in [3.05, 3.63) is 0 Å². The van der Waals surface area contributed by atoms with Crippen molar-refractivity contribution in [3.8, 4) is 0 Å². The number of carbonyl (C=O) groups is 1. The van der Waals surface area contributed by atoms with E-state index in [-0.39, 0.29) is 12.2 Å². The number of ether oxygens (including phenoxy) is 3. The van der Waals surface area contributed by atoms with Gasteiger partial charge in [-0.15, -0.1) is 0 Å². The van der Waals surface area contributed by atoms with Crippen LogP contribution in [0.1, 0.15) is 26.7 Å². The van der Waals surface area contributed by atoms with Gasteiger partial charge in [0.15, 0.2) is 12.1 Å². The summed E-state index contributed by atoms with van der Waals surface area (Å²) in [5.74, 6) is -0.528. The van der Waals surface area contributed by atoms with Crippen LogP contribution in [0.2, 0.25) is 0 Å². The largest absolute Gasteiger partial charge is 0.355 e. The number of amides is 1. The fourth-order valence-electron chi connectivity index (χ4n) is 2.01. The zero-order valence-electron chi connectivity index (χ0n) is 10.4. The van der Waals surface area contributed by atoms with Crippen LogP contribution < -0.4 is 5.32 Å². The Morgan fingerprint density at radius 3 is 2.62 bits per heavy atom. The SMILES string of the molecule is CCC1CC(CNC(C)=O)(OC)OC1OC. The summed E-state index contributed by atoms with van der Waals surface area (Å²) in [4.78, 5) is 10.9. The normalized spacial score (nSPS) is 34.0. The van der Waals surface area contributed by atoms with Crippen LogP contribution in [0.25, 0.3) is 0 Å². The van der Waals surface area contributed by atoms with Gasteiger partial charge in [-0.3, -0.25) is 4.79 Å². The number of carbonyl (C=O) groups excluding carboxylic acids is 1. The third-order valence-corrected chi connectivity index (χ3v) is 3.02. The lowest BCUT2D eigenvalue weighted by Gasteiger charge is -2.27. The van der Waals surface area contributed by atoms with Crippen molar-refractivity contribution in [2.75, 3.05) is 20.8 Å². The molecule has 0 aromatic carbocycles. The molecule has 3 unspecified atom stereocenters. The van der Waals surface area contributed by atoms with Crippen molar-refractivity contribution < 1.29 is 19.0 Å². The molecule has 1 aliphatic rings. The molecule has 94 valence electrons. The molecule has 1 heterocycles. The van der Waals surface area contributed by atoms with E-state index in [2.05, 4.69) is 12.2 Å². The maximum atomic E-state index is 10.9. The van der Waals surface area contributed by atoms with Crippen LogP contribution in [-0.2, 0) is 19.0 Å². The highest BCUT2D eigenvalue weighted by atomic mass is 16.8. The van der Waals surface area contributed by atoms with Crippen LogP contribution in [0.3, 0.4) is 0 Å². The van der Waals surface area contributed by atoms with Crippen LogP contribution in [0.15, 0.2) is 0 Å². The first-order valence-electron chi connectivity index (χ1n) is 5.57. The highest BCUT2D eigenvalue weighted by Crippen LogP contribution is 2.37. The van der Waals surface area contributed by atoms with Gasteiger partial charge in [-0.1, -0.05) is 6.92 Å². The van der Waals surface area contributed by atoms with Crippen LogP contribution in [0.5, 0.6) is 0 Å². The van der Waals surface area contributed by atoms with Gasteiger partial charge < -0.3 is 19.5 Å². The second-order valence-electron chi connectivity index (χ2n) is 4.12. The first kappa shape index (κ1) is 13.4. The van der Waals surface area contributed by atoms with Crippen LogP contribution in [0.4, 0.5) is 0 Å². The molecule has 16 heavy (non-hydrogen) atoms. The monoisotopic (exact) mass is 231 g/mol. The third kappa shape index (κ3) is 2.93.